The van der Waals surface area contributed by atoms with E-state index in [1.165, 1.54) is 24.1 Å². The molecule has 1 saturated carbocycles. The van der Waals surface area contributed by atoms with Crippen LogP contribution >= 0.6 is 0 Å². The normalized spacial score (nSPS) is 20.2. The molecule has 86 valence electrons. The number of anilines is 1. The fourth-order valence-corrected chi connectivity index (χ4v) is 2.49. The summed E-state index contributed by atoms with van der Waals surface area (Å²) in [5.41, 5.74) is 2.68. The number of nitrogens with zero attached hydrogens (tertiary/aromatic N) is 1. The molecule has 1 N–H and O–H groups in total. The molecule has 0 aromatic heterocycles. The lowest BCUT2D eigenvalue weighted by Crippen LogP contribution is -2.30. The summed E-state index contributed by atoms with van der Waals surface area (Å²) >= 11 is 0. The third kappa shape index (κ3) is 1.65. The standard InChI is InChI=1S/C13H18N2O/c1-16-12-4-2-3-10-9-14-7-8-15(13(10)12)11-5-6-11/h2-4,11,14H,5-9H2,1H3. The summed E-state index contributed by atoms with van der Waals surface area (Å²) in [5, 5.41) is 3.47. The van der Waals surface area contributed by atoms with Crippen LogP contribution in [0.1, 0.15) is 18.4 Å². The van der Waals surface area contributed by atoms with E-state index in [-0.39, 0.29) is 0 Å². The van der Waals surface area contributed by atoms with Gasteiger partial charge in [-0.15, -0.1) is 0 Å². The minimum absolute atomic E-state index is 0.745. The first-order valence-electron chi connectivity index (χ1n) is 6.03. The van der Waals surface area contributed by atoms with Gasteiger partial charge in [0.05, 0.1) is 12.8 Å². The lowest BCUT2D eigenvalue weighted by molar-refractivity contribution is 0.414. The molecule has 3 nitrogen and oxygen atoms in total. The van der Waals surface area contributed by atoms with Crippen molar-refractivity contribution in [1.82, 2.24) is 5.32 Å². The highest BCUT2D eigenvalue weighted by Gasteiger charge is 2.32. The number of hydrogen-bond acceptors (Lipinski definition) is 3. The Hall–Kier alpha value is -1.22. The summed E-state index contributed by atoms with van der Waals surface area (Å²) in [5.74, 6) is 1.02. The molecule has 0 saturated heterocycles. The van der Waals surface area contributed by atoms with Crippen molar-refractivity contribution in [3.63, 3.8) is 0 Å². The first-order chi connectivity index (χ1) is 7.90. The van der Waals surface area contributed by atoms with Gasteiger partial charge in [0.25, 0.3) is 0 Å². The zero-order chi connectivity index (χ0) is 11.0. The Labute approximate surface area is 96.4 Å². The van der Waals surface area contributed by atoms with E-state index in [9.17, 15) is 0 Å². The van der Waals surface area contributed by atoms with E-state index >= 15 is 0 Å². The topological polar surface area (TPSA) is 24.5 Å². The highest BCUT2D eigenvalue weighted by Crippen LogP contribution is 2.39. The summed E-state index contributed by atoms with van der Waals surface area (Å²) < 4.78 is 5.51. The molecule has 16 heavy (non-hydrogen) atoms. The Morgan fingerprint density at radius 1 is 1.38 bits per heavy atom. The third-order valence-corrected chi connectivity index (χ3v) is 3.42. The molecule has 3 heteroatoms. The lowest BCUT2D eigenvalue weighted by Gasteiger charge is -2.26. The molecule has 1 aromatic rings. The summed E-state index contributed by atoms with van der Waals surface area (Å²) in [6.45, 7) is 3.11. The minimum atomic E-state index is 0.745. The van der Waals surface area contributed by atoms with Crippen molar-refractivity contribution < 1.29 is 4.74 Å². The second kappa shape index (κ2) is 3.98. The van der Waals surface area contributed by atoms with Crippen LogP contribution in [0, 0.1) is 0 Å². The molecule has 1 aromatic carbocycles. The number of rotatable bonds is 2. The molecule has 0 amide bonds. The van der Waals surface area contributed by atoms with Gasteiger partial charge in [0.2, 0.25) is 0 Å². The summed E-state index contributed by atoms with van der Waals surface area (Å²) in [6.07, 6.45) is 2.66. The van der Waals surface area contributed by atoms with Gasteiger partial charge in [0, 0.05) is 25.7 Å². The van der Waals surface area contributed by atoms with Crippen LogP contribution in [0.3, 0.4) is 0 Å². The molecule has 0 atom stereocenters. The van der Waals surface area contributed by atoms with Gasteiger partial charge in [0.15, 0.2) is 0 Å². The Morgan fingerprint density at radius 2 is 2.25 bits per heavy atom. The van der Waals surface area contributed by atoms with Gasteiger partial charge < -0.3 is 15.0 Å². The van der Waals surface area contributed by atoms with Crippen molar-refractivity contribution in [1.29, 1.82) is 0 Å². The molecular formula is C13H18N2O. The smallest absolute Gasteiger partial charge is 0.142 e. The Morgan fingerprint density at radius 3 is 3.00 bits per heavy atom. The third-order valence-electron chi connectivity index (χ3n) is 3.42. The molecule has 3 rings (SSSR count). The van der Waals surface area contributed by atoms with Crippen LogP contribution in [-0.4, -0.2) is 26.2 Å². The van der Waals surface area contributed by atoms with Gasteiger partial charge in [-0.2, -0.15) is 0 Å². The summed E-state index contributed by atoms with van der Waals surface area (Å²) in [7, 11) is 1.76. The SMILES string of the molecule is COc1cccc2c1N(C1CC1)CCNC2. The van der Waals surface area contributed by atoms with Gasteiger partial charge in [-0.25, -0.2) is 0 Å². The first-order valence-corrected chi connectivity index (χ1v) is 6.03. The Bertz CT molecular complexity index is 388. The molecule has 0 bridgehead atoms. The van der Waals surface area contributed by atoms with Crippen molar-refractivity contribution in [2.75, 3.05) is 25.1 Å². The number of methoxy groups -OCH3 is 1. The maximum absolute atomic E-state index is 5.51. The first kappa shape index (κ1) is 9.97. The number of benzene rings is 1. The predicted octanol–water partition coefficient (Wildman–Crippen LogP) is 1.77. The molecule has 1 heterocycles. The van der Waals surface area contributed by atoms with Crippen molar-refractivity contribution in [2.24, 2.45) is 0 Å². The van der Waals surface area contributed by atoms with Crippen molar-refractivity contribution >= 4 is 5.69 Å². The molecule has 0 unspecified atom stereocenters. The Balaban J connectivity index is 2.06. The molecular weight excluding hydrogens is 200 g/mol. The summed E-state index contributed by atoms with van der Waals surface area (Å²) in [6, 6.07) is 7.09. The average Bonchev–Trinajstić information content (AvgIpc) is 3.13. The quantitative estimate of drug-likeness (QED) is 0.818. The van der Waals surface area contributed by atoms with E-state index in [2.05, 4.69) is 28.4 Å². The second-order valence-corrected chi connectivity index (χ2v) is 4.57. The highest BCUT2D eigenvalue weighted by molar-refractivity contribution is 5.65. The molecule has 1 aliphatic carbocycles. The van der Waals surface area contributed by atoms with Crippen LogP contribution in [0.25, 0.3) is 0 Å². The number of para-hydroxylation sites is 1. The predicted molar refractivity (Wildman–Crippen MR) is 65.1 cm³/mol. The van der Waals surface area contributed by atoms with Crippen molar-refractivity contribution in [3.05, 3.63) is 23.8 Å². The maximum atomic E-state index is 5.51. The van der Waals surface area contributed by atoms with E-state index in [1.54, 1.807) is 7.11 Å². The molecule has 2 aliphatic rings. The zero-order valence-corrected chi connectivity index (χ0v) is 9.70. The zero-order valence-electron chi connectivity index (χ0n) is 9.70. The number of ether oxygens (including phenoxy) is 1. The Kier molecular flexibility index (Phi) is 2.48. The van der Waals surface area contributed by atoms with Gasteiger partial charge in [-0.05, 0) is 24.5 Å². The maximum Gasteiger partial charge on any atom is 0.142 e. The van der Waals surface area contributed by atoms with Gasteiger partial charge in [-0.1, -0.05) is 12.1 Å². The van der Waals surface area contributed by atoms with Crippen LogP contribution in [-0.2, 0) is 6.54 Å². The molecule has 1 aliphatic heterocycles. The monoisotopic (exact) mass is 218 g/mol. The molecule has 1 fully saturated rings. The number of nitrogens with one attached hydrogen (secondary N) is 1. The number of hydrogen-bond donors (Lipinski definition) is 1. The van der Waals surface area contributed by atoms with Crippen LogP contribution in [0.15, 0.2) is 18.2 Å². The van der Waals surface area contributed by atoms with Gasteiger partial charge in [-0.3, -0.25) is 0 Å². The lowest BCUT2D eigenvalue weighted by atomic mass is 10.1. The summed E-state index contributed by atoms with van der Waals surface area (Å²) in [4.78, 5) is 2.52. The van der Waals surface area contributed by atoms with Crippen molar-refractivity contribution in [2.45, 2.75) is 25.4 Å². The van der Waals surface area contributed by atoms with E-state index < -0.39 is 0 Å². The van der Waals surface area contributed by atoms with Crippen LogP contribution in [0.5, 0.6) is 5.75 Å². The van der Waals surface area contributed by atoms with Crippen LogP contribution < -0.4 is 15.0 Å². The van der Waals surface area contributed by atoms with E-state index in [0.717, 1.165) is 31.4 Å². The van der Waals surface area contributed by atoms with Crippen molar-refractivity contribution in [3.8, 4) is 5.75 Å². The number of fused-ring (bicyclic) bond motifs is 1. The molecule has 0 spiro atoms. The average molecular weight is 218 g/mol. The fourth-order valence-electron chi connectivity index (χ4n) is 2.49. The molecule has 0 radical (unpaired) electrons. The van der Waals surface area contributed by atoms with Crippen LogP contribution in [0.4, 0.5) is 5.69 Å². The minimum Gasteiger partial charge on any atom is -0.495 e. The largest absolute Gasteiger partial charge is 0.495 e. The van der Waals surface area contributed by atoms with E-state index in [4.69, 9.17) is 4.74 Å². The highest BCUT2D eigenvalue weighted by atomic mass is 16.5. The fraction of sp³-hybridized carbons (Fsp3) is 0.538. The van der Waals surface area contributed by atoms with Gasteiger partial charge >= 0.3 is 0 Å². The van der Waals surface area contributed by atoms with Crippen LogP contribution in [0.2, 0.25) is 0 Å². The van der Waals surface area contributed by atoms with E-state index in [1.807, 2.05) is 0 Å². The second-order valence-electron chi connectivity index (χ2n) is 4.57. The van der Waals surface area contributed by atoms with Gasteiger partial charge in [0.1, 0.15) is 5.75 Å². The van der Waals surface area contributed by atoms with E-state index in [0.29, 0.717) is 0 Å².